The Hall–Kier alpha value is -2.83. The molecule has 1 amide bonds. The van der Waals surface area contributed by atoms with Gasteiger partial charge in [0.25, 0.3) is 0 Å². The summed E-state index contributed by atoms with van der Waals surface area (Å²) in [5, 5.41) is 13.4. The van der Waals surface area contributed by atoms with Gasteiger partial charge in [0.2, 0.25) is 0 Å². The lowest BCUT2D eigenvalue weighted by molar-refractivity contribution is 0.209. The van der Waals surface area contributed by atoms with Crippen LogP contribution in [0.3, 0.4) is 0 Å². The van der Waals surface area contributed by atoms with E-state index in [9.17, 15) is 13.6 Å². The van der Waals surface area contributed by atoms with Crippen molar-refractivity contribution in [3.05, 3.63) is 53.6 Å². The number of amides is 1. The van der Waals surface area contributed by atoms with Crippen molar-refractivity contribution in [3.8, 4) is 0 Å². The number of carboxylic acid groups (broad SMARTS) is 1. The van der Waals surface area contributed by atoms with E-state index in [2.05, 4.69) is 5.32 Å². The Morgan fingerprint density at radius 1 is 1.19 bits per heavy atom. The maximum Gasteiger partial charge on any atom is 0.409 e. The zero-order valence-corrected chi connectivity index (χ0v) is 10.9. The van der Waals surface area contributed by atoms with Crippen LogP contribution in [0.25, 0.3) is 0 Å². The van der Waals surface area contributed by atoms with Crippen LogP contribution in [0.4, 0.5) is 30.6 Å². The molecule has 0 heterocycles. The molecule has 7 heteroatoms. The molecule has 0 aromatic heterocycles. The van der Waals surface area contributed by atoms with Crippen LogP contribution in [0.5, 0.6) is 0 Å². The summed E-state index contributed by atoms with van der Waals surface area (Å²) in [5.74, 6) is -1.11. The monoisotopic (exact) mass is 293 g/mol. The van der Waals surface area contributed by atoms with Crippen LogP contribution < -0.4 is 16.4 Å². The van der Waals surface area contributed by atoms with Crippen molar-refractivity contribution in [2.24, 2.45) is 0 Å². The van der Waals surface area contributed by atoms with Gasteiger partial charge in [-0.15, -0.1) is 0 Å². The van der Waals surface area contributed by atoms with Crippen LogP contribution in [0.2, 0.25) is 0 Å². The number of nitrogens with two attached hydrogens (primary N) is 1. The molecular weight excluding hydrogens is 280 g/mol. The van der Waals surface area contributed by atoms with Crippen molar-refractivity contribution in [3.63, 3.8) is 0 Å². The number of hydrogen-bond donors (Lipinski definition) is 4. The maximum atomic E-state index is 13.8. The molecule has 0 aliphatic rings. The zero-order chi connectivity index (χ0) is 15.4. The fourth-order valence-electron chi connectivity index (χ4n) is 1.78. The van der Waals surface area contributed by atoms with Gasteiger partial charge in [0.15, 0.2) is 5.82 Å². The number of benzene rings is 2. The topological polar surface area (TPSA) is 87.4 Å². The minimum absolute atomic E-state index is 0.0287. The molecule has 110 valence electrons. The van der Waals surface area contributed by atoms with Crippen LogP contribution >= 0.6 is 0 Å². The van der Waals surface area contributed by atoms with Crippen molar-refractivity contribution >= 4 is 23.2 Å². The molecule has 0 bridgehead atoms. The van der Waals surface area contributed by atoms with Gasteiger partial charge in [0, 0.05) is 12.2 Å². The van der Waals surface area contributed by atoms with Crippen LogP contribution in [0.1, 0.15) is 5.56 Å². The van der Waals surface area contributed by atoms with Gasteiger partial charge in [-0.25, -0.2) is 13.6 Å². The van der Waals surface area contributed by atoms with E-state index in [1.807, 2.05) is 5.32 Å². The first kappa shape index (κ1) is 14.6. The summed E-state index contributed by atoms with van der Waals surface area (Å²) in [4.78, 5) is 10.5. The Balaban J connectivity index is 2.10. The summed E-state index contributed by atoms with van der Waals surface area (Å²) >= 11 is 0. The highest BCUT2D eigenvalue weighted by Crippen LogP contribution is 2.27. The molecule has 0 aliphatic carbocycles. The largest absolute Gasteiger partial charge is 0.465 e. The summed E-state index contributed by atoms with van der Waals surface area (Å²) < 4.78 is 26.5. The first-order valence-corrected chi connectivity index (χ1v) is 6.03. The van der Waals surface area contributed by atoms with E-state index in [0.29, 0.717) is 12.2 Å². The van der Waals surface area contributed by atoms with E-state index >= 15 is 0 Å². The molecule has 21 heavy (non-hydrogen) atoms. The summed E-state index contributed by atoms with van der Waals surface area (Å²) in [7, 11) is 0. The van der Waals surface area contributed by atoms with Gasteiger partial charge < -0.3 is 16.2 Å². The summed E-state index contributed by atoms with van der Waals surface area (Å²) in [6.45, 7) is 0.352. The lowest BCUT2D eigenvalue weighted by atomic mass is 10.2. The number of halogens is 2. The molecule has 0 radical (unpaired) electrons. The van der Waals surface area contributed by atoms with E-state index in [1.54, 1.807) is 12.1 Å². The minimum atomic E-state index is -1.40. The van der Waals surface area contributed by atoms with Gasteiger partial charge in [-0.1, -0.05) is 12.1 Å². The van der Waals surface area contributed by atoms with Gasteiger partial charge in [-0.3, -0.25) is 5.32 Å². The molecule has 2 aromatic carbocycles. The van der Waals surface area contributed by atoms with Gasteiger partial charge >= 0.3 is 6.09 Å². The maximum absolute atomic E-state index is 13.8. The molecule has 2 rings (SSSR count). The predicted octanol–water partition coefficient (Wildman–Crippen LogP) is 3.25. The summed E-state index contributed by atoms with van der Waals surface area (Å²) in [5.41, 5.74) is 6.49. The van der Waals surface area contributed by atoms with Gasteiger partial charge in [0.1, 0.15) is 11.5 Å². The smallest absolute Gasteiger partial charge is 0.409 e. The quantitative estimate of drug-likeness (QED) is 0.652. The number of nitrogen functional groups attached to an aromatic ring is 1. The SMILES string of the molecule is Nc1cc(NCc2ccc(F)cc2)cc(F)c1NC(=O)O. The number of hydrogen-bond acceptors (Lipinski definition) is 3. The second-order valence-corrected chi connectivity index (χ2v) is 4.33. The average Bonchev–Trinajstić information content (AvgIpc) is 2.42. The molecule has 0 spiro atoms. The predicted molar refractivity (Wildman–Crippen MR) is 76.2 cm³/mol. The molecule has 0 fully saturated rings. The number of rotatable bonds is 4. The van der Waals surface area contributed by atoms with E-state index in [1.165, 1.54) is 18.2 Å². The number of nitrogens with one attached hydrogen (secondary N) is 2. The molecule has 5 nitrogen and oxygen atoms in total. The van der Waals surface area contributed by atoms with Gasteiger partial charge in [-0.2, -0.15) is 0 Å². The third kappa shape index (κ3) is 3.82. The second-order valence-electron chi connectivity index (χ2n) is 4.33. The molecule has 0 saturated heterocycles. The van der Waals surface area contributed by atoms with Crippen LogP contribution in [-0.2, 0) is 6.54 Å². The van der Waals surface area contributed by atoms with Crippen molar-refractivity contribution in [1.82, 2.24) is 0 Å². The summed E-state index contributed by atoms with van der Waals surface area (Å²) in [6.07, 6.45) is -1.40. The van der Waals surface area contributed by atoms with Crippen LogP contribution in [-0.4, -0.2) is 11.2 Å². The Kier molecular flexibility index (Phi) is 4.22. The number of carbonyl (C=O) groups is 1. The highest BCUT2D eigenvalue weighted by atomic mass is 19.1. The Morgan fingerprint density at radius 3 is 2.43 bits per heavy atom. The first-order chi connectivity index (χ1) is 9.95. The standard InChI is InChI=1S/C14H13F2N3O2/c15-9-3-1-8(2-4-9)7-18-10-5-11(16)13(12(17)6-10)19-14(20)21/h1-6,18-19H,7,17H2,(H,20,21). The lowest BCUT2D eigenvalue weighted by Gasteiger charge is -2.11. The Bertz CT molecular complexity index is 637. The van der Waals surface area contributed by atoms with Crippen molar-refractivity contribution in [2.45, 2.75) is 6.54 Å². The van der Waals surface area contributed by atoms with E-state index in [4.69, 9.17) is 10.8 Å². The van der Waals surface area contributed by atoms with Gasteiger partial charge in [-0.05, 0) is 29.8 Å². The molecule has 0 unspecified atom stereocenters. The fourth-order valence-corrected chi connectivity index (χ4v) is 1.78. The highest BCUT2D eigenvalue weighted by Gasteiger charge is 2.11. The van der Waals surface area contributed by atoms with E-state index < -0.39 is 11.9 Å². The zero-order valence-electron chi connectivity index (χ0n) is 10.9. The third-order valence-corrected chi connectivity index (χ3v) is 2.76. The van der Waals surface area contributed by atoms with Crippen molar-refractivity contribution < 1.29 is 18.7 Å². The van der Waals surface area contributed by atoms with Crippen LogP contribution in [0.15, 0.2) is 36.4 Å². The fraction of sp³-hybridized carbons (Fsp3) is 0.0714. The third-order valence-electron chi connectivity index (χ3n) is 2.76. The van der Waals surface area contributed by atoms with E-state index in [0.717, 1.165) is 11.6 Å². The second kappa shape index (κ2) is 6.08. The lowest BCUT2D eigenvalue weighted by Crippen LogP contribution is -2.11. The van der Waals surface area contributed by atoms with Crippen molar-refractivity contribution in [2.75, 3.05) is 16.4 Å². The van der Waals surface area contributed by atoms with E-state index in [-0.39, 0.29) is 17.2 Å². The van der Waals surface area contributed by atoms with Crippen LogP contribution in [0, 0.1) is 11.6 Å². The number of anilines is 3. The Labute approximate surface area is 119 Å². The summed E-state index contributed by atoms with van der Waals surface area (Å²) in [6, 6.07) is 8.39. The molecule has 2 aromatic rings. The Morgan fingerprint density at radius 2 is 1.86 bits per heavy atom. The molecule has 0 saturated carbocycles. The average molecular weight is 293 g/mol. The molecular formula is C14H13F2N3O2. The minimum Gasteiger partial charge on any atom is -0.465 e. The molecule has 5 N–H and O–H groups in total. The first-order valence-electron chi connectivity index (χ1n) is 6.03. The molecule has 0 atom stereocenters. The molecule has 0 aliphatic heterocycles. The van der Waals surface area contributed by atoms with Crippen molar-refractivity contribution in [1.29, 1.82) is 0 Å². The van der Waals surface area contributed by atoms with Gasteiger partial charge in [0.05, 0.1) is 5.69 Å². The normalized spacial score (nSPS) is 10.2. The highest BCUT2D eigenvalue weighted by molar-refractivity contribution is 5.88.